The largest absolute Gasteiger partial charge is 0.483 e. The highest BCUT2D eigenvalue weighted by molar-refractivity contribution is 5.99. The van der Waals surface area contributed by atoms with Crippen LogP contribution < -0.4 is 5.32 Å². The fraction of sp³-hybridized carbons (Fsp3) is 0.556. The first-order valence-electron chi connectivity index (χ1n) is 8.54. The number of hydrogen-bond donors (Lipinski definition) is 1. The topological polar surface area (TPSA) is 88.1 Å². The molecule has 0 aromatic carbocycles. The highest BCUT2D eigenvalue weighted by atomic mass is 16.5. The Balaban J connectivity index is 1.96. The molecule has 1 heterocycles. The zero-order valence-corrected chi connectivity index (χ0v) is 14.8. The van der Waals surface area contributed by atoms with Crippen LogP contribution in [0.1, 0.15) is 32.6 Å². The molecule has 0 saturated carbocycles. The Hall–Kier alpha value is -2.44. The van der Waals surface area contributed by atoms with Crippen molar-refractivity contribution in [3.05, 3.63) is 23.3 Å². The standard InChI is InChI=1S/C18H25N3O4/c1-13-6-3-4-7-14(13)17(24)20-12-16(23)21-10-5-8-15(21)18(25-2)19-9-11-22/h4,7,11,15H,3,5-6,8-10,12H2,1-2H3,(H,20,24)/t15-/m0/s1. The van der Waals surface area contributed by atoms with Crippen LogP contribution in [-0.2, 0) is 19.1 Å². The minimum Gasteiger partial charge on any atom is -0.483 e. The molecular formula is C18H25N3O4. The third-order valence-electron chi connectivity index (χ3n) is 4.46. The highest BCUT2D eigenvalue weighted by Crippen LogP contribution is 2.20. The summed E-state index contributed by atoms with van der Waals surface area (Å²) in [6, 6.07) is -0.273. The van der Waals surface area contributed by atoms with E-state index >= 15 is 0 Å². The van der Waals surface area contributed by atoms with Gasteiger partial charge < -0.3 is 19.7 Å². The number of nitrogens with one attached hydrogen (secondary N) is 1. The minimum atomic E-state index is -0.273. The summed E-state index contributed by atoms with van der Waals surface area (Å²) in [6.45, 7) is 2.47. The number of aldehydes is 1. The van der Waals surface area contributed by atoms with Crippen LogP contribution in [0.2, 0.25) is 0 Å². The second-order valence-electron chi connectivity index (χ2n) is 6.11. The van der Waals surface area contributed by atoms with Crippen molar-refractivity contribution in [2.45, 2.75) is 38.6 Å². The van der Waals surface area contributed by atoms with E-state index in [-0.39, 0.29) is 30.9 Å². The van der Waals surface area contributed by atoms with E-state index < -0.39 is 0 Å². The van der Waals surface area contributed by atoms with Gasteiger partial charge in [-0.05, 0) is 32.6 Å². The summed E-state index contributed by atoms with van der Waals surface area (Å²) in [5.74, 6) is -0.0121. The average molecular weight is 347 g/mol. The molecule has 1 aliphatic carbocycles. The molecule has 0 aromatic rings. The van der Waals surface area contributed by atoms with Crippen molar-refractivity contribution in [2.75, 3.05) is 26.7 Å². The van der Waals surface area contributed by atoms with Gasteiger partial charge in [-0.25, -0.2) is 4.99 Å². The van der Waals surface area contributed by atoms with Gasteiger partial charge in [0.1, 0.15) is 12.3 Å². The van der Waals surface area contributed by atoms with E-state index in [0.29, 0.717) is 24.3 Å². The van der Waals surface area contributed by atoms with Crippen LogP contribution in [0.4, 0.5) is 0 Å². The van der Waals surface area contributed by atoms with Gasteiger partial charge in [-0.2, -0.15) is 0 Å². The zero-order valence-electron chi connectivity index (χ0n) is 14.8. The Morgan fingerprint density at radius 1 is 1.48 bits per heavy atom. The third kappa shape index (κ3) is 4.78. The third-order valence-corrected chi connectivity index (χ3v) is 4.46. The summed E-state index contributed by atoms with van der Waals surface area (Å²) < 4.78 is 5.24. The SMILES string of the molecule is COC(=NCC=O)[C@@H]1CCCN1C(=O)CNC(=O)C1=C(C)CCC=C1. The first-order chi connectivity index (χ1) is 12.1. The molecule has 0 spiro atoms. The molecule has 2 aliphatic rings. The first-order valence-corrected chi connectivity index (χ1v) is 8.54. The Kier molecular flexibility index (Phi) is 6.91. The van der Waals surface area contributed by atoms with Crippen molar-refractivity contribution in [1.29, 1.82) is 0 Å². The van der Waals surface area contributed by atoms with Crippen LogP contribution in [0.25, 0.3) is 0 Å². The van der Waals surface area contributed by atoms with Gasteiger partial charge in [-0.15, -0.1) is 0 Å². The quantitative estimate of drug-likeness (QED) is 0.441. The van der Waals surface area contributed by atoms with Gasteiger partial charge in [-0.3, -0.25) is 9.59 Å². The molecule has 136 valence electrons. The molecule has 2 amide bonds. The Labute approximate surface area is 147 Å². The number of carbonyl (C=O) groups is 3. The molecule has 0 radical (unpaired) electrons. The Bertz CT molecular complexity index is 622. The molecule has 2 rings (SSSR count). The summed E-state index contributed by atoms with van der Waals surface area (Å²) in [5, 5.41) is 2.70. The molecule has 7 nitrogen and oxygen atoms in total. The molecular weight excluding hydrogens is 322 g/mol. The maximum atomic E-state index is 12.5. The van der Waals surface area contributed by atoms with Crippen molar-refractivity contribution in [3.63, 3.8) is 0 Å². The van der Waals surface area contributed by atoms with Crippen LogP contribution in [-0.4, -0.2) is 61.7 Å². The highest BCUT2D eigenvalue weighted by Gasteiger charge is 2.33. The molecule has 0 unspecified atom stereocenters. The normalized spacial score (nSPS) is 20.6. The first kappa shape index (κ1) is 18.9. The Morgan fingerprint density at radius 2 is 2.28 bits per heavy atom. The summed E-state index contributed by atoms with van der Waals surface area (Å²) in [5.41, 5.74) is 1.68. The number of ether oxygens (including phenoxy) is 1. The smallest absolute Gasteiger partial charge is 0.251 e. The fourth-order valence-corrected chi connectivity index (χ4v) is 3.16. The molecule has 1 saturated heterocycles. The van der Waals surface area contributed by atoms with Crippen LogP contribution in [0.15, 0.2) is 28.3 Å². The minimum absolute atomic E-state index is 0.0121. The van der Waals surface area contributed by atoms with Crippen molar-refractivity contribution in [2.24, 2.45) is 4.99 Å². The lowest BCUT2D eigenvalue weighted by Crippen LogP contribution is -2.46. The maximum Gasteiger partial charge on any atom is 0.251 e. The average Bonchev–Trinajstić information content (AvgIpc) is 3.10. The number of amides is 2. The van der Waals surface area contributed by atoms with Crippen LogP contribution in [0.5, 0.6) is 0 Å². The predicted molar refractivity (Wildman–Crippen MR) is 94.2 cm³/mol. The van der Waals surface area contributed by atoms with Gasteiger partial charge in [0, 0.05) is 12.1 Å². The van der Waals surface area contributed by atoms with E-state index in [9.17, 15) is 14.4 Å². The Morgan fingerprint density at radius 3 is 2.96 bits per heavy atom. The second-order valence-corrected chi connectivity index (χ2v) is 6.11. The predicted octanol–water partition coefficient (Wildman–Crippen LogP) is 1.00. The zero-order chi connectivity index (χ0) is 18.2. The number of rotatable bonds is 6. The molecule has 1 aliphatic heterocycles. The van der Waals surface area contributed by atoms with Gasteiger partial charge in [0.2, 0.25) is 11.8 Å². The van der Waals surface area contributed by atoms with Crippen LogP contribution >= 0.6 is 0 Å². The lowest BCUT2D eigenvalue weighted by molar-refractivity contribution is -0.132. The van der Waals surface area contributed by atoms with Crippen molar-refractivity contribution < 1.29 is 19.1 Å². The molecule has 1 N–H and O–H groups in total. The number of methoxy groups -OCH3 is 1. The van der Waals surface area contributed by atoms with E-state index in [1.165, 1.54) is 7.11 Å². The fourth-order valence-electron chi connectivity index (χ4n) is 3.16. The van der Waals surface area contributed by atoms with Crippen molar-refractivity contribution in [3.8, 4) is 0 Å². The number of aliphatic imine (C=N–C) groups is 1. The van der Waals surface area contributed by atoms with Gasteiger partial charge in [0.25, 0.3) is 5.91 Å². The number of hydrogen-bond acceptors (Lipinski definition) is 5. The number of allylic oxidation sites excluding steroid dienone is 2. The van der Waals surface area contributed by atoms with E-state index in [0.717, 1.165) is 31.3 Å². The molecule has 7 heteroatoms. The molecule has 1 atom stereocenters. The monoisotopic (exact) mass is 347 g/mol. The molecule has 0 aromatic heterocycles. The maximum absolute atomic E-state index is 12.5. The van der Waals surface area contributed by atoms with Gasteiger partial charge in [-0.1, -0.05) is 17.7 Å². The van der Waals surface area contributed by atoms with Gasteiger partial charge >= 0.3 is 0 Å². The summed E-state index contributed by atoms with van der Waals surface area (Å²) in [6.07, 6.45) is 7.84. The van der Waals surface area contributed by atoms with Crippen LogP contribution in [0, 0.1) is 0 Å². The summed E-state index contributed by atoms with van der Waals surface area (Å²) in [4.78, 5) is 41.0. The van der Waals surface area contributed by atoms with Crippen molar-refractivity contribution in [1.82, 2.24) is 10.2 Å². The van der Waals surface area contributed by atoms with Crippen LogP contribution in [0.3, 0.4) is 0 Å². The lowest BCUT2D eigenvalue weighted by atomic mass is 9.98. The van der Waals surface area contributed by atoms with E-state index in [4.69, 9.17) is 4.74 Å². The molecule has 25 heavy (non-hydrogen) atoms. The number of nitrogens with zero attached hydrogens (tertiary/aromatic N) is 2. The molecule has 1 fully saturated rings. The summed E-state index contributed by atoms with van der Waals surface area (Å²) >= 11 is 0. The number of likely N-dealkylation sites (tertiary alicyclic amines) is 1. The van der Waals surface area contributed by atoms with Crippen molar-refractivity contribution >= 4 is 24.0 Å². The van der Waals surface area contributed by atoms with Gasteiger partial charge in [0.05, 0.1) is 20.2 Å². The number of carbonyl (C=O) groups excluding carboxylic acids is 3. The van der Waals surface area contributed by atoms with E-state index in [1.54, 1.807) is 4.90 Å². The van der Waals surface area contributed by atoms with E-state index in [1.807, 2.05) is 19.1 Å². The summed E-state index contributed by atoms with van der Waals surface area (Å²) in [7, 11) is 1.48. The van der Waals surface area contributed by atoms with E-state index in [2.05, 4.69) is 10.3 Å². The lowest BCUT2D eigenvalue weighted by Gasteiger charge is -2.25. The van der Waals surface area contributed by atoms with Gasteiger partial charge in [0.15, 0.2) is 0 Å². The second kappa shape index (κ2) is 9.15. The molecule has 0 bridgehead atoms.